The van der Waals surface area contributed by atoms with E-state index in [1.807, 2.05) is 30.4 Å². The van der Waals surface area contributed by atoms with Crippen LogP contribution < -0.4 is 0 Å². The molecule has 0 aromatic carbocycles. The zero-order valence-corrected chi connectivity index (χ0v) is 17.1. The molecule has 0 N–H and O–H groups in total. The smallest absolute Gasteiger partial charge is 0.233 e. The van der Waals surface area contributed by atoms with Crippen molar-refractivity contribution >= 4 is 27.5 Å². The normalized spacial score (nSPS) is 28.4. The Morgan fingerprint density at radius 2 is 1.96 bits per heavy atom. The molecule has 3 heterocycles. The number of rotatable bonds is 5. The van der Waals surface area contributed by atoms with Crippen LogP contribution in [-0.4, -0.2) is 76.5 Å². The van der Waals surface area contributed by atoms with Crippen LogP contribution in [-0.2, 0) is 32.8 Å². The molecule has 1 aromatic rings. The van der Waals surface area contributed by atoms with Gasteiger partial charge in [-0.2, -0.15) is 0 Å². The maximum absolute atomic E-state index is 12.5. The Balaban J connectivity index is 1.54. The molecular formula is C16H26N4O4S2. The van der Waals surface area contributed by atoms with E-state index in [2.05, 4.69) is 10.2 Å². The van der Waals surface area contributed by atoms with Crippen molar-refractivity contribution < 1.29 is 17.9 Å². The monoisotopic (exact) mass is 402 g/mol. The van der Waals surface area contributed by atoms with Crippen LogP contribution in [0.15, 0.2) is 5.16 Å². The van der Waals surface area contributed by atoms with Gasteiger partial charge in [0.05, 0.1) is 29.5 Å². The fourth-order valence-corrected chi connectivity index (χ4v) is 6.23. The van der Waals surface area contributed by atoms with Gasteiger partial charge in [0.1, 0.15) is 5.82 Å². The van der Waals surface area contributed by atoms with Gasteiger partial charge in [0.15, 0.2) is 15.0 Å². The van der Waals surface area contributed by atoms with Gasteiger partial charge in [0.2, 0.25) is 5.91 Å². The maximum atomic E-state index is 12.5. The molecule has 2 saturated heterocycles. The highest BCUT2D eigenvalue weighted by atomic mass is 32.2. The largest absolute Gasteiger partial charge is 0.372 e. The second-order valence-corrected chi connectivity index (χ2v) is 10.4. The molecule has 0 unspecified atom stereocenters. The lowest BCUT2D eigenvalue weighted by molar-refractivity contribution is -0.140. The van der Waals surface area contributed by atoms with E-state index in [1.54, 1.807) is 0 Å². The van der Waals surface area contributed by atoms with Crippen molar-refractivity contribution in [1.29, 1.82) is 0 Å². The zero-order valence-electron chi connectivity index (χ0n) is 15.4. The van der Waals surface area contributed by atoms with Crippen LogP contribution in [0.5, 0.6) is 0 Å². The molecule has 1 amide bonds. The van der Waals surface area contributed by atoms with Gasteiger partial charge in [-0.15, -0.1) is 10.2 Å². The first-order valence-corrected chi connectivity index (χ1v) is 11.7. The summed E-state index contributed by atoms with van der Waals surface area (Å²) >= 11 is 1.37. The van der Waals surface area contributed by atoms with E-state index in [1.165, 1.54) is 11.8 Å². The number of carbonyl (C=O) groups is 1. The number of hydrogen-bond donors (Lipinski definition) is 0. The lowest BCUT2D eigenvalue weighted by atomic mass is 10.1. The highest BCUT2D eigenvalue weighted by molar-refractivity contribution is 7.99. The molecule has 3 rings (SSSR count). The van der Waals surface area contributed by atoms with E-state index in [0.29, 0.717) is 36.8 Å². The quantitative estimate of drug-likeness (QED) is 0.663. The first-order valence-electron chi connectivity index (χ1n) is 8.88. The van der Waals surface area contributed by atoms with Crippen LogP contribution in [0.3, 0.4) is 0 Å². The first kappa shape index (κ1) is 19.6. The summed E-state index contributed by atoms with van der Waals surface area (Å²) in [6.07, 6.45) is 1.40. The number of thioether (sulfide) groups is 1. The van der Waals surface area contributed by atoms with Gasteiger partial charge in [0.25, 0.3) is 0 Å². The minimum Gasteiger partial charge on any atom is -0.372 e. The van der Waals surface area contributed by atoms with Crippen molar-refractivity contribution in [3.8, 4) is 0 Å². The van der Waals surface area contributed by atoms with E-state index in [4.69, 9.17) is 4.74 Å². The van der Waals surface area contributed by atoms with Crippen LogP contribution >= 0.6 is 11.8 Å². The average molecular weight is 403 g/mol. The van der Waals surface area contributed by atoms with Crippen LogP contribution in [0, 0.1) is 5.92 Å². The SMILES string of the molecule is C[C@@H]1CN(C(=O)CSc2nnc(C[C@@H]3CCS(=O)(=O)C3)n2C)C[C@H](C)O1. The van der Waals surface area contributed by atoms with E-state index in [9.17, 15) is 13.2 Å². The summed E-state index contributed by atoms with van der Waals surface area (Å²) in [6.45, 7) is 5.18. The Hall–Kier alpha value is -1.13. The fraction of sp³-hybridized carbons (Fsp3) is 0.812. The number of aromatic nitrogens is 3. The van der Waals surface area contributed by atoms with Crippen LogP contribution in [0.1, 0.15) is 26.1 Å². The molecule has 8 nitrogen and oxygen atoms in total. The Morgan fingerprint density at radius 3 is 2.58 bits per heavy atom. The summed E-state index contributed by atoms with van der Waals surface area (Å²) in [7, 11) is -1.02. The molecule has 0 bridgehead atoms. The molecule has 0 radical (unpaired) electrons. The lowest BCUT2D eigenvalue weighted by Crippen LogP contribution is -2.48. The van der Waals surface area contributed by atoms with Crippen molar-refractivity contribution in [2.24, 2.45) is 13.0 Å². The summed E-state index contributed by atoms with van der Waals surface area (Å²) in [6, 6.07) is 0. The number of ether oxygens (including phenoxy) is 1. The maximum Gasteiger partial charge on any atom is 0.233 e. The molecule has 146 valence electrons. The second kappa shape index (κ2) is 7.85. The lowest BCUT2D eigenvalue weighted by Gasteiger charge is -2.35. The van der Waals surface area contributed by atoms with E-state index in [-0.39, 0.29) is 35.5 Å². The van der Waals surface area contributed by atoms with Crippen molar-refractivity contribution in [2.75, 3.05) is 30.3 Å². The minimum absolute atomic E-state index is 0.0526. The van der Waals surface area contributed by atoms with Gasteiger partial charge in [-0.05, 0) is 26.2 Å². The summed E-state index contributed by atoms with van der Waals surface area (Å²) in [5.41, 5.74) is 0. The Labute approximate surface area is 158 Å². The van der Waals surface area contributed by atoms with Crippen molar-refractivity contribution in [1.82, 2.24) is 19.7 Å². The summed E-state index contributed by atoms with van der Waals surface area (Å²) < 4.78 is 30.7. The molecular weight excluding hydrogens is 376 g/mol. The van der Waals surface area contributed by atoms with Gasteiger partial charge >= 0.3 is 0 Å². The van der Waals surface area contributed by atoms with Crippen molar-refractivity contribution in [3.63, 3.8) is 0 Å². The highest BCUT2D eigenvalue weighted by Gasteiger charge is 2.30. The third kappa shape index (κ3) is 4.77. The number of carbonyl (C=O) groups excluding carboxylic acids is 1. The number of nitrogens with zero attached hydrogens (tertiary/aromatic N) is 4. The molecule has 0 saturated carbocycles. The summed E-state index contributed by atoms with van der Waals surface area (Å²) in [4.78, 5) is 14.3. The predicted octanol–water partition coefficient (Wildman–Crippen LogP) is 0.520. The molecule has 0 spiro atoms. The van der Waals surface area contributed by atoms with E-state index >= 15 is 0 Å². The van der Waals surface area contributed by atoms with Crippen LogP contribution in [0.4, 0.5) is 0 Å². The molecule has 26 heavy (non-hydrogen) atoms. The Morgan fingerprint density at radius 1 is 1.27 bits per heavy atom. The van der Waals surface area contributed by atoms with Gasteiger partial charge in [-0.25, -0.2) is 8.42 Å². The molecule has 0 aliphatic carbocycles. The van der Waals surface area contributed by atoms with Crippen molar-refractivity contribution in [2.45, 2.75) is 44.1 Å². The molecule has 2 fully saturated rings. The molecule has 2 aliphatic heterocycles. The van der Waals surface area contributed by atoms with Crippen LogP contribution in [0.25, 0.3) is 0 Å². The summed E-state index contributed by atoms with van der Waals surface area (Å²) in [5.74, 6) is 1.76. The van der Waals surface area contributed by atoms with Gasteiger partial charge in [0, 0.05) is 26.6 Å². The zero-order chi connectivity index (χ0) is 18.9. The number of hydrogen-bond acceptors (Lipinski definition) is 7. The van der Waals surface area contributed by atoms with Gasteiger partial charge in [-0.3, -0.25) is 4.79 Å². The predicted molar refractivity (Wildman–Crippen MR) is 98.8 cm³/mol. The molecule has 3 atom stereocenters. The van der Waals surface area contributed by atoms with E-state index < -0.39 is 9.84 Å². The van der Waals surface area contributed by atoms with Gasteiger partial charge in [-0.1, -0.05) is 11.8 Å². The standard InChI is InChI=1S/C16H26N4O4S2/c1-11-7-20(8-12(2)24-11)15(21)9-25-16-18-17-14(19(16)3)6-13-4-5-26(22,23)10-13/h11-13H,4-10H2,1-3H3/t11-,12+,13-/m0/s1. The first-order chi connectivity index (χ1) is 12.2. The average Bonchev–Trinajstić information content (AvgIpc) is 3.07. The molecule has 1 aromatic heterocycles. The number of sulfone groups is 1. The Bertz CT molecular complexity index is 754. The molecule has 2 aliphatic rings. The summed E-state index contributed by atoms with van der Waals surface area (Å²) in [5, 5.41) is 9.05. The van der Waals surface area contributed by atoms with Gasteiger partial charge < -0.3 is 14.2 Å². The second-order valence-electron chi connectivity index (χ2n) is 7.28. The van der Waals surface area contributed by atoms with Crippen molar-refractivity contribution in [3.05, 3.63) is 5.82 Å². The topological polar surface area (TPSA) is 94.4 Å². The number of amides is 1. The van der Waals surface area contributed by atoms with Crippen LogP contribution in [0.2, 0.25) is 0 Å². The highest BCUT2D eigenvalue weighted by Crippen LogP contribution is 2.24. The third-order valence-electron chi connectivity index (χ3n) is 4.82. The molecule has 10 heteroatoms. The van der Waals surface area contributed by atoms with E-state index in [0.717, 1.165) is 5.82 Å². The Kier molecular flexibility index (Phi) is 5.93. The third-order valence-corrected chi connectivity index (χ3v) is 7.66. The number of morpholine rings is 1. The fourth-order valence-electron chi connectivity index (χ4n) is 3.54. The minimum atomic E-state index is -2.89.